The first-order valence-electron chi connectivity index (χ1n) is 14.0. The molecule has 0 saturated carbocycles. The average molecular weight is 596 g/mol. The lowest BCUT2D eigenvalue weighted by Crippen LogP contribution is -2.35. The van der Waals surface area contributed by atoms with E-state index >= 15 is 4.39 Å². The summed E-state index contributed by atoms with van der Waals surface area (Å²) in [6.07, 6.45) is 5.03. The Morgan fingerprint density at radius 2 is 1.88 bits per heavy atom. The number of anilines is 1. The maximum absolute atomic E-state index is 15.1. The minimum atomic E-state index is -1.91. The van der Waals surface area contributed by atoms with Crippen molar-refractivity contribution in [2.75, 3.05) is 38.1 Å². The summed E-state index contributed by atoms with van der Waals surface area (Å²) in [5, 5.41) is 0.627. The molecule has 4 aromatic rings. The minimum absolute atomic E-state index is 0.00656. The standard InChI is InChI=1S/C32H35F2N3O4S/c1-21-7-9-25(33)32(16-21)42(38)36-23-8-10-29(26(34)17-23)41-28-11-12-35-27-19-31(30(39-3)18-24(27)28)40-15-5-14-37-13-4-6-22(2)20-37/h7-12,16-19,22,36H,4-6,13-15,20H2,1-3H3. The van der Waals surface area contributed by atoms with E-state index in [1.807, 2.05) is 0 Å². The van der Waals surface area contributed by atoms with Gasteiger partial charge in [-0.05, 0) is 80.6 Å². The SMILES string of the molecule is COc1cc2c(Oc3ccc(NS(=O)c4cc(C)ccc4F)cc3F)ccnc2cc1OCCCN1CCCC(C)C1. The molecular weight excluding hydrogens is 560 g/mol. The summed E-state index contributed by atoms with van der Waals surface area (Å²) in [7, 11) is -0.342. The highest BCUT2D eigenvalue weighted by atomic mass is 32.2. The Morgan fingerprint density at radius 1 is 1.02 bits per heavy atom. The molecule has 2 heterocycles. The maximum atomic E-state index is 15.1. The molecule has 5 rings (SSSR count). The molecule has 1 aliphatic heterocycles. The van der Waals surface area contributed by atoms with Gasteiger partial charge in [-0.25, -0.2) is 13.0 Å². The van der Waals surface area contributed by atoms with Gasteiger partial charge in [0, 0.05) is 42.5 Å². The van der Waals surface area contributed by atoms with Gasteiger partial charge in [0.1, 0.15) is 11.6 Å². The van der Waals surface area contributed by atoms with E-state index in [4.69, 9.17) is 14.2 Å². The fourth-order valence-electron chi connectivity index (χ4n) is 5.13. The van der Waals surface area contributed by atoms with Gasteiger partial charge in [0.05, 0.1) is 24.1 Å². The first kappa shape index (κ1) is 29.7. The van der Waals surface area contributed by atoms with Crippen molar-refractivity contribution in [1.29, 1.82) is 0 Å². The van der Waals surface area contributed by atoms with Gasteiger partial charge < -0.3 is 23.8 Å². The molecule has 10 heteroatoms. The number of ether oxygens (including phenoxy) is 3. The summed E-state index contributed by atoms with van der Waals surface area (Å²) >= 11 is 0. The van der Waals surface area contributed by atoms with Crippen LogP contribution in [-0.4, -0.2) is 47.4 Å². The number of methoxy groups -OCH3 is 1. The predicted molar refractivity (Wildman–Crippen MR) is 161 cm³/mol. The molecule has 0 bridgehead atoms. The van der Waals surface area contributed by atoms with E-state index < -0.39 is 22.6 Å². The highest BCUT2D eigenvalue weighted by molar-refractivity contribution is 7.86. The van der Waals surface area contributed by atoms with Crippen LogP contribution < -0.4 is 18.9 Å². The highest BCUT2D eigenvalue weighted by Crippen LogP contribution is 2.38. The third-order valence-electron chi connectivity index (χ3n) is 7.25. The lowest BCUT2D eigenvalue weighted by Gasteiger charge is -2.30. The number of halogens is 2. The van der Waals surface area contributed by atoms with E-state index in [2.05, 4.69) is 21.5 Å². The van der Waals surface area contributed by atoms with Crippen molar-refractivity contribution < 1.29 is 27.2 Å². The van der Waals surface area contributed by atoms with Gasteiger partial charge in [-0.2, -0.15) is 0 Å². The normalized spacial score (nSPS) is 16.3. The number of hydrogen-bond acceptors (Lipinski definition) is 6. The second-order valence-electron chi connectivity index (χ2n) is 10.6. The van der Waals surface area contributed by atoms with Gasteiger partial charge in [0.2, 0.25) is 0 Å². The van der Waals surface area contributed by atoms with Crippen LogP contribution in [0.4, 0.5) is 14.5 Å². The summed E-state index contributed by atoms with van der Waals surface area (Å²) in [6.45, 7) is 7.90. The average Bonchev–Trinajstić information content (AvgIpc) is 2.97. The molecular formula is C32H35F2N3O4S. The molecule has 42 heavy (non-hydrogen) atoms. The molecule has 0 aliphatic carbocycles. The predicted octanol–water partition coefficient (Wildman–Crippen LogP) is 7.26. The molecule has 7 nitrogen and oxygen atoms in total. The van der Waals surface area contributed by atoms with E-state index in [0.717, 1.165) is 43.6 Å². The summed E-state index contributed by atoms with van der Waals surface area (Å²) in [6, 6.07) is 13.6. The van der Waals surface area contributed by atoms with Crippen LogP contribution in [0.15, 0.2) is 65.7 Å². The number of piperidine rings is 1. The molecule has 1 aromatic heterocycles. The number of nitrogens with one attached hydrogen (secondary N) is 1. The molecule has 1 N–H and O–H groups in total. The quantitative estimate of drug-likeness (QED) is 0.184. The van der Waals surface area contributed by atoms with Crippen molar-refractivity contribution in [3.05, 3.63) is 78.0 Å². The van der Waals surface area contributed by atoms with Gasteiger partial charge in [-0.15, -0.1) is 0 Å². The zero-order valence-electron chi connectivity index (χ0n) is 24.0. The Balaban J connectivity index is 1.27. The van der Waals surface area contributed by atoms with Crippen LogP contribution in [0.3, 0.4) is 0 Å². The van der Waals surface area contributed by atoms with Crippen LogP contribution in [-0.2, 0) is 11.0 Å². The number of aryl methyl sites for hydroxylation is 1. The number of aromatic nitrogens is 1. The van der Waals surface area contributed by atoms with Gasteiger partial charge in [-0.3, -0.25) is 4.98 Å². The molecule has 2 unspecified atom stereocenters. The van der Waals surface area contributed by atoms with Crippen molar-refractivity contribution >= 4 is 27.6 Å². The van der Waals surface area contributed by atoms with Gasteiger partial charge >= 0.3 is 0 Å². The Labute approximate surface area is 247 Å². The monoisotopic (exact) mass is 595 g/mol. The van der Waals surface area contributed by atoms with E-state index in [-0.39, 0.29) is 16.3 Å². The van der Waals surface area contributed by atoms with Crippen LogP contribution in [0.25, 0.3) is 10.9 Å². The number of rotatable bonds is 11. The summed E-state index contributed by atoms with van der Waals surface area (Å²) in [5.41, 5.74) is 1.60. The minimum Gasteiger partial charge on any atom is -0.493 e. The van der Waals surface area contributed by atoms with Crippen LogP contribution in [0.5, 0.6) is 23.0 Å². The molecule has 0 amide bonds. The van der Waals surface area contributed by atoms with E-state index in [0.29, 0.717) is 34.8 Å². The molecule has 0 spiro atoms. The van der Waals surface area contributed by atoms with E-state index in [9.17, 15) is 8.60 Å². The highest BCUT2D eigenvalue weighted by Gasteiger charge is 2.17. The Bertz CT molecular complexity index is 1590. The number of benzene rings is 3. The third-order valence-corrected chi connectivity index (χ3v) is 8.39. The zero-order valence-corrected chi connectivity index (χ0v) is 24.8. The van der Waals surface area contributed by atoms with Crippen molar-refractivity contribution in [2.24, 2.45) is 5.92 Å². The molecule has 3 aromatic carbocycles. The second-order valence-corrected chi connectivity index (χ2v) is 11.8. The number of nitrogens with zero attached hydrogens (tertiary/aromatic N) is 2. The molecule has 1 aliphatic rings. The third kappa shape index (κ3) is 7.17. The van der Waals surface area contributed by atoms with Crippen molar-refractivity contribution in [3.8, 4) is 23.0 Å². The van der Waals surface area contributed by atoms with Crippen molar-refractivity contribution in [2.45, 2.75) is 38.0 Å². The van der Waals surface area contributed by atoms with Crippen LogP contribution >= 0.6 is 0 Å². The first-order chi connectivity index (χ1) is 20.3. The number of likely N-dealkylation sites (tertiary alicyclic amines) is 1. The molecule has 222 valence electrons. The Hall–Kier alpha value is -3.76. The summed E-state index contributed by atoms with van der Waals surface area (Å²) in [4.78, 5) is 6.93. The topological polar surface area (TPSA) is 72.9 Å². The molecule has 0 radical (unpaired) electrons. The largest absolute Gasteiger partial charge is 0.493 e. The van der Waals surface area contributed by atoms with Gasteiger partial charge in [-0.1, -0.05) is 13.0 Å². The van der Waals surface area contributed by atoms with Gasteiger partial charge in [0.15, 0.2) is 34.1 Å². The maximum Gasteiger partial charge on any atom is 0.167 e. The lowest BCUT2D eigenvalue weighted by molar-refractivity contribution is 0.169. The Kier molecular flexibility index (Phi) is 9.54. The van der Waals surface area contributed by atoms with Crippen molar-refractivity contribution in [3.63, 3.8) is 0 Å². The number of fused-ring (bicyclic) bond motifs is 1. The zero-order chi connectivity index (χ0) is 29.6. The smallest absolute Gasteiger partial charge is 0.167 e. The van der Waals surface area contributed by atoms with Crippen molar-refractivity contribution in [1.82, 2.24) is 9.88 Å². The molecule has 2 atom stereocenters. The first-order valence-corrected chi connectivity index (χ1v) is 15.2. The fraction of sp³-hybridized carbons (Fsp3) is 0.344. The van der Waals surface area contributed by atoms with Crippen LogP contribution in [0, 0.1) is 24.5 Å². The Morgan fingerprint density at radius 3 is 2.67 bits per heavy atom. The van der Waals surface area contributed by atoms with E-state index in [1.54, 1.807) is 44.5 Å². The summed E-state index contributed by atoms with van der Waals surface area (Å²) in [5.74, 6) is 0.917. The summed E-state index contributed by atoms with van der Waals surface area (Å²) < 4.78 is 62.1. The fourth-order valence-corrected chi connectivity index (χ4v) is 6.12. The lowest BCUT2D eigenvalue weighted by atomic mass is 10.0. The second kappa shape index (κ2) is 13.5. The van der Waals surface area contributed by atoms with Crippen LogP contribution in [0.2, 0.25) is 0 Å². The molecule has 1 fully saturated rings. The van der Waals surface area contributed by atoms with Gasteiger partial charge in [0.25, 0.3) is 0 Å². The number of hydrogen-bond donors (Lipinski definition) is 1. The number of pyridine rings is 1. The van der Waals surface area contributed by atoms with Crippen LogP contribution in [0.1, 0.15) is 31.7 Å². The van der Waals surface area contributed by atoms with E-state index in [1.165, 1.54) is 37.1 Å². The molecule has 1 saturated heterocycles.